The highest BCUT2D eigenvalue weighted by Crippen LogP contribution is 2.25. The molecule has 0 bridgehead atoms. The Morgan fingerprint density at radius 3 is 2.46 bits per heavy atom. The summed E-state index contributed by atoms with van der Waals surface area (Å²) in [6.07, 6.45) is 6.53. The summed E-state index contributed by atoms with van der Waals surface area (Å²) >= 11 is 0. The van der Waals surface area contributed by atoms with Gasteiger partial charge in [0.2, 0.25) is 0 Å². The quantitative estimate of drug-likeness (QED) is 0.686. The van der Waals surface area contributed by atoms with Gasteiger partial charge in [-0.25, -0.2) is 21.8 Å². The van der Waals surface area contributed by atoms with E-state index in [-0.39, 0.29) is 9.79 Å². The number of aromatic nitrogens is 2. The summed E-state index contributed by atoms with van der Waals surface area (Å²) < 4.78 is 49.3. The van der Waals surface area contributed by atoms with E-state index in [1.54, 1.807) is 0 Å². The molecule has 0 atom stereocenters. The molecular weight excluding hydrogens is 374 g/mol. The zero-order valence-corrected chi connectivity index (χ0v) is 16.0. The predicted molar refractivity (Wildman–Crippen MR) is 100 cm³/mol. The van der Waals surface area contributed by atoms with E-state index in [0.29, 0.717) is 18.7 Å². The molecule has 0 spiro atoms. The van der Waals surface area contributed by atoms with Crippen molar-refractivity contribution in [1.82, 2.24) is 9.38 Å². The van der Waals surface area contributed by atoms with Crippen LogP contribution < -0.4 is 5.32 Å². The van der Waals surface area contributed by atoms with Gasteiger partial charge in [-0.3, -0.25) is 0 Å². The second-order valence-electron chi connectivity index (χ2n) is 6.08. The molecule has 3 rings (SSSR count). The van der Waals surface area contributed by atoms with Crippen molar-refractivity contribution in [3.8, 4) is 0 Å². The standard InChI is InChI=1S/C17H19N3O4S2/c1-25(21,22)14-6-7-15(16(11-14)26(2,23)24)18-9-8-13-12-20-10-4-3-5-17(20)19-13/h3-7,10-12,18H,8-9H2,1-2H3. The monoisotopic (exact) mass is 393 g/mol. The van der Waals surface area contributed by atoms with Gasteiger partial charge >= 0.3 is 0 Å². The number of hydrogen-bond donors (Lipinski definition) is 1. The van der Waals surface area contributed by atoms with E-state index in [9.17, 15) is 16.8 Å². The number of pyridine rings is 1. The van der Waals surface area contributed by atoms with Crippen molar-refractivity contribution in [1.29, 1.82) is 0 Å². The third-order valence-electron chi connectivity index (χ3n) is 3.89. The van der Waals surface area contributed by atoms with Gasteiger partial charge < -0.3 is 9.72 Å². The Morgan fingerprint density at radius 2 is 1.81 bits per heavy atom. The van der Waals surface area contributed by atoms with Gasteiger partial charge in [-0.05, 0) is 30.3 Å². The molecule has 138 valence electrons. The number of anilines is 1. The Balaban J connectivity index is 1.80. The fraction of sp³-hybridized carbons (Fsp3) is 0.235. The van der Waals surface area contributed by atoms with Crippen LogP contribution in [0.15, 0.2) is 58.6 Å². The molecule has 0 amide bonds. The smallest absolute Gasteiger partial charge is 0.177 e. The molecule has 2 aromatic heterocycles. The molecule has 0 aliphatic heterocycles. The van der Waals surface area contributed by atoms with E-state index in [4.69, 9.17) is 0 Å². The first kappa shape index (κ1) is 18.4. The Kier molecular flexibility index (Phi) is 4.76. The number of nitrogens with one attached hydrogen (secondary N) is 1. The van der Waals surface area contributed by atoms with Crippen molar-refractivity contribution in [3.63, 3.8) is 0 Å². The lowest BCUT2D eigenvalue weighted by Gasteiger charge is -2.12. The number of benzene rings is 1. The van der Waals surface area contributed by atoms with Gasteiger partial charge in [0.1, 0.15) is 5.65 Å². The molecule has 2 heterocycles. The molecular formula is C17H19N3O4S2. The number of fused-ring (bicyclic) bond motifs is 1. The van der Waals surface area contributed by atoms with Crippen LogP contribution in [0.5, 0.6) is 0 Å². The van der Waals surface area contributed by atoms with Crippen LogP contribution >= 0.6 is 0 Å². The fourth-order valence-electron chi connectivity index (χ4n) is 2.62. The minimum Gasteiger partial charge on any atom is -0.384 e. The Hall–Kier alpha value is -2.39. The lowest BCUT2D eigenvalue weighted by molar-refractivity contribution is 0.600. The van der Waals surface area contributed by atoms with Gasteiger partial charge in [0.25, 0.3) is 0 Å². The average molecular weight is 393 g/mol. The molecule has 3 aromatic rings. The third kappa shape index (κ3) is 4.05. The van der Waals surface area contributed by atoms with Gasteiger partial charge in [0.05, 0.1) is 21.2 Å². The number of imidazole rings is 1. The number of nitrogens with zero attached hydrogens (tertiary/aromatic N) is 2. The third-order valence-corrected chi connectivity index (χ3v) is 6.14. The highest BCUT2D eigenvalue weighted by atomic mass is 32.2. The maximum atomic E-state index is 12.0. The molecule has 0 saturated carbocycles. The molecule has 0 aliphatic rings. The molecule has 0 unspecified atom stereocenters. The second-order valence-corrected chi connectivity index (χ2v) is 10.1. The molecule has 9 heteroatoms. The van der Waals surface area contributed by atoms with Gasteiger partial charge in [0, 0.05) is 37.9 Å². The van der Waals surface area contributed by atoms with Crippen LogP contribution in [0.4, 0.5) is 5.69 Å². The topological polar surface area (TPSA) is 97.6 Å². The van der Waals surface area contributed by atoms with Crippen LogP contribution in [0, 0.1) is 0 Å². The molecule has 0 saturated heterocycles. The lowest BCUT2D eigenvalue weighted by Crippen LogP contribution is -2.10. The van der Waals surface area contributed by atoms with Gasteiger partial charge in [-0.15, -0.1) is 0 Å². The van der Waals surface area contributed by atoms with E-state index in [0.717, 1.165) is 23.9 Å². The van der Waals surface area contributed by atoms with Crippen molar-refractivity contribution in [3.05, 3.63) is 54.5 Å². The molecule has 0 aliphatic carbocycles. The summed E-state index contributed by atoms with van der Waals surface area (Å²) in [5.74, 6) is 0. The van der Waals surface area contributed by atoms with Crippen molar-refractivity contribution < 1.29 is 16.8 Å². The Morgan fingerprint density at radius 1 is 1.04 bits per heavy atom. The number of rotatable bonds is 6. The van der Waals surface area contributed by atoms with Crippen LogP contribution in [0.1, 0.15) is 5.69 Å². The van der Waals surface area contributed by atoms with Crippen molar-refractivity contribution in [2.24, 2.45) is 0 Å². The molecule has 26 heavy (non-hydrogen) atoms. The first-order valence-electron chi connectivity index (χ1n) is 7.85. The molecule has 0 fully saturated rings. The average Bonchev–Trinajstić information content (AvgIpc) is 2.95. The zero-order valence-electron chi connectivity index (χ0n) is 14.4. The normalized spacial score (nSPS) is 12.4. The van der Waals surface area contributed by atoms with Crippen molar-refractivity contribution >= 4 is 31.0 Å². The maximum absolute atomic E-state index is 12.0. The maximum Gasteiger partial charge on any atom is 0.177 e. The summed E-state index contributed by atoms with van der Waals surface area (Å²) in [5.41, 5.74) is 2.10. The van der Waals surface area contributed by atoms with E-state index in [1.807, 2.05) is 35.0 Å². The largest absolute Gasteiger partial charge is 0.384 e. The van der Waals surface area contributed by atoms with E-state index in [2.05, 4.69) is 10.3 Å². The van der Waals surface area contributed by atoms with Crippen molar-refractivity contribution in [2.75, 3.05) is 24.4 Å². The Labute approximate surface area is 152 Å². The minimum absolute atomic E-state index is 0.0242. The Bertz CT molecular complexity index is 1130. The van der Waals surface area contributed by atoms with Gasteiger partial charge in [-0.1, -0.05) is 6.07 Å². The summed E-state index contributed by atoms with van der Waals surface area (Å²) in [7, 11) is -7.06. The van der Waals surface area contributed by atoms with E-state index >= 15 is 0 Å². The summed E-state index contributed by atoms with van der Waals surface area (Å²) in [4.78, 5) is 4.43. The highest BCUT2D eigenvalue weighted by Gasteiger charge is 2.17. The summed E-state index contributed by atoms with van der Waals surface area (Å²) in [5, 5.41) is 3.07. The SMILES string of the molecule is CS(=O)(=O)c1ccc(NCCc2cn3ccccc3n2)c(S(C)(=O)=O)c1. The first-order chi connectivity index (χ1) is 12.1. The lowest BCUT2D eigenvalue weighted by atomic mass is 10.3. The molecule has 7 nitrogen and oxygen atoms in total. The number of sulfone groups is 2. The summed E-state index contributed by atoms with van der Waals surface area (Å²) in [6, 6.07) is 9.80. The van der Waals surface area contributed by atoms with Crippen LogP contribution in [-0.4, -0.2) is 45.3 Å². The fourth-order valence-corrected chi connectivity index (χ4v) is 4.22. The van der Waals surface area contributed by atoms with Crippen LogP contribution in [0.25, 0.3) is 5.65 Å². The van der Waals surface area contributed by atoms with Crippen LogP contribution in [-0.2, 0) is 26.1 Å². The summed E-state index contributed by atoms with van der Waals surface area (Å²) in [6.45, 7) is 0.463. The first-order valence-corrected chi connectivity index (χ1v) is 11.6. The minimum atomic E-state index is -3.58. The second kappa shape index (κ2) is 6.73. The van der Waals surface area contributed by atoms with Crippen LogP contribution in [0.3, 0.4) is 0 Å². The van der Waals surface area contributed by atoms with E-state index in [1.165, 1.54) is 18.2 Å². The highest BCUT2D eigenvalue weighted by molar-refractivity contribution is 7.91. The zero-order chi connectivity index (χ0) is 18.9. The molecule has 1 aromatic carbocycles. The molecule has 1 N–H and O–H groups in total. The van der Waals surface area contributed by atoms with Crippen LogP contribution in [0.2, 0.25) is 0 Å². The molecule has 0 radical (unpaired) electrons. The van der Waals surface area contributed by atoms with Gasteiger partial charge in [0.15, 0.2) is 19.7 Å². The van der Waals surface area contributed by atoms with Crippen molar-refractivity contribution in [2.45, 2.75) is 16.2 Å². The van der Waals surface area contributed by atoms with E-state index < -0.39 is 19.7 Å². The number of hydrogen-bond acceptors (Lipinski definition) is 6. The van der Waals surface area contributed by atoms with Gasteiger partial charge in [-0.2, -0.15) is 0 Å². The predicted octanol–water partition coefficient (Wildman–Crippen LogP) is 1.80.